The first-order valence-electron chi connectivity index (χ1n) is 9.99. The first-order chi connectivity index (χ1) is 15.1. The van der Waals surface area contributed by atoms with E-state index in [1.54, 1.807) is 23.8 Å². The summed E-state index contributed by atoms with van der Waals surface area (Å²) in [7, 11) is 1.62. The molecular formula is C24H23N3O3S. The third-order valence-electron chi connectivity index (χ3n) is 5.02. The summed E-state index contributed by atoms with van der Waals surface area (Å²) in [6.45, 7) is 2.88. The monoisotopic (exact) mass is 433 g/mol. The number of nitrogens with zero attached hydrogens (tertiary/aromatic N) is 1. The molecule has 1 aliphatic heterocycles. The van der Waals surface area contributed by atoms with Crippen LogP contribution in [-0.4, -0.2) is 25.6 Å². The fourth-order valence-electron chi connectivity index (χ4n) is 3.41. The molecule has 31 heavy (non-hydrogen) atoms. The summed E-state index contributed by atoms with van der Waals surface area (Å²) in [5.41, 5.74) is 3.08. The van der Waals surface area contributed by atoms with Gasteiger partial charge in [-0.25, -0.2) is 4.79 Å². The average Bonchev–Trinajstić information content (AvgIpc) is 2.91. The van der Waals surface area contributed by atoms with Crippen LogP contribution in [0.2, 0.25) is 0 Å². The standard InChI is InChI=1S/C24H23N3O3S/c1-3-27-20-14-17(26-24(29)25-15-16-8-11-18(30-2)12-9-16)10-13-22(20)31-21-7-5-4-6-19(21)23(27)28/h4-14H,3,15H2,1-2H3,(H2,25,26,29). The quantitative estimate of drug-likeness (QED) is 0.584. The van der Waals surface area contributed by atoms with Crippen LogP contribution in [0.1, 0.15) is 22.8 Å². The van der Waals surface area contributed by atoms with Crippen LogP contribution in [0.5, 0.6) is 5.75 Å². The van der Waals surface area contributed by atoms with Crippen molar-refractivity contribution in [1.29, 1.82) is 0 Å². The number of hydrogen-bond donors (Lipinski definition) is 2. The van der Waals surface area contributed by atoms with E-state index in [0.717, 1.165) is 26.8 Å². The van der Waals surface area contributed by atoms with Crippen molar-refractivity contribution >= 4 is 35.1 Å². The molecule has 0 atom stereocenters. The van der Waals surface area contributed by atoms with Crippen LogP contribution in [0.15, 0.2) is 76.5 Å². The van der Waals surface area contributed by atoms with Crippen LogP contribution in [0.25, 0.3) is 0 Å². The summed E-state index contributed by atoms with van der Waals surface area (Å²) >= 11 is 1.56. The lowest BCUT2D eigenvalue weighted by molar-refractivity contribution is 0.0985. The van der Waals surface area contributed by atoms with Crippen LogP contribution in [-0.2, 0) is 6.54 Å². The summed E-state index contributed by atoms with van der Waals surface area (Å²) < 4.78 is 5.14. The van der Waals surface area contributed by atoms with Crippen LogP contribution in [0.3, 0.4) is 0 Å². The normalized spacial score (nSPS) is 12.5. The molecule has 3 aromatic carbocycles. The van der Waals surface area contributed by atoms with Gasteiger partial charge in [0.25, 0.3) is 5.91 Å². The Balaban J connectivity index is 1.49. The Hall–Kier alpha value is -3.45. The maximum atomic E-state index is 13.1. The molecule has 1 aliphatic rings. The highest BCUT2D eigenvalue weighted by molar-refractivity contribution is 7.99. The van der Waals surface area contributed by atoms with Crippen LogP contribution in [0, 0.1) is 0 Å². The summed E-state index contributed by atoms with van der Waals surface area (Å²) in [5.74, 6) is 0.735. The lowest BCUT2D eigenvalue weighted by atomic mass is 10.1. The molecule has 0 aliphatic carbocycles. The van der Waals surface area contributed by atoms with E-state index in [9.17, 15) is 9.59 Å². The van der Waals surface area contributed by atoms with Gasteiger partial charge in [-0.1, -0.05) is 36.0 Å². The lowest BCUT2D eigenvalue weighted by Gasteiger charge is -2.22. The highest BCUT2D eigenvalue weighted by Crippen LogP contribution is 2.42. The van der Waals surface area contributed by atoms with E-state index in [0.29, 0.717) is 24.3 Å². The molecule has 0 bridgehead atoms. The van der Waals surface area contributed by atoms with Gasteiger partial charge in [-0.15, -0.1) is 0 Å². The predicted molar refractivity (Wildman–Crippen MR) is 123 cm³/mol. The Labute approximate surface area is 185 Å². The second-order valence-electron chi connectivity index (χ2n) is 6.99. The van der Waals surface area contributed by atoms with Crippen molar-refractivity contribution < 1.29 is 14.3 Å². The highest BCUT2D eigenvalue weighted by atomic mass is 32.2. The Morgan fingerprint density at radius 3 is 2.55 bits per heavy atom. The number of amides is 3. The summed E-state index contributed by atoms with van der Waals surface area (Å²) in [6.07, 6.45) is 0. The minimum atomic E-state index is -0.310. The molecule has 3 amide bonds. The number of carbonyl (C=O) groups excluding carboxylic acids is 2. The fourth-order valence-corrected chi connectivity index (χ4v) is 4.47. The summed E-state index contributed by atoms with van der Waals surface area (Å²) in [4.78, 5) is 29.1. The molecule has 3 aromatic rings. The van der Waals surface area contributed by atoms with Gasteiger partial charge in [0.1, 0.15) is 5.75 Å². The van der Waals surface area contributed by atoms with Gasteiger partial charge in [0.2, 0.25) is 0 Å². The van der Waals surface area contributed by atoms with E-state index in [2.05, 4.69) is 10.6 Å². The average molecular weight is 434 g/mol. The molecule has 0 unspecified atom stereocenters. The maximum Gasteiger partial charge on any atom is 0.319 e. The Bertz CT molecular complexity index is 1120. The molecule has 0 saturated heterocycles. The van der Waals surface area contributed by atoms with E-state index in [1.165, 1.54) is 0 Å². The molecule has 6 nitrogen and oxygen atoms in total. The van der Waals surface area contributed by atoms with Crippen molar-refractivity contribution in [2.45, 2.75) is 23.3 Å². The maximum absolute atomic E-state index is 13.1. The van der Waals surface area contributed by atoms with E-state index in [-0.39, 0.29) is 11.9 Å². The molecule has 4 rings (SSSR count). The highest BCUT2D eigenvalue weighted by Gasteiger charge is 2.26. The number of benzene rings is 3. The van der Waals surface area contributed by atoms with Gasteiger partial charge in [-0.3, -0.25) is 4.79 Å². The van der Waals surface area contributed by atoms with Crippen LogP contribution < -0.4 is 20.3 Å². The number of nitrogens with one attached hydrogen (secondary N) is 2. The number of methoxy groups -OCH3 is 1. The van der Waals surface area contributed by atoms with Crippen molar-refractivity contribution in [3.8, 4) is 5.75 Å². The van der Waals surface area contributed by atoms with Gasteiger partial charge in [-0.2, -0.15) is 0 Å². The van der Waals surface area contributed by atoms with E-state index in [4.69, 9.17) is 4.74 Å². The zero-order valence-corrected chi connectivity index (χ0v) is 18.2. The third-order valence-corrected chi connectivity index (χ3v) is 6.16. The first kappa shape index (κ1) is 20.8. The summed E-state index contributed by atoms with van der Waals surface area (Å²) in [6, 6.07) is 20.5. The van der Waals surface area contributed by atoms with Crippen molar-refractivity contribution in [2.75, 3.05) is 23.9 Å². The largest absolute Gasteiger partial charge is 0.497 e. The molecule has 2 N–H and O–H groups in total. The van der Waals surface area contributed by atoms with Crippen molar-refractivity contribution in [2.24, 2.45) is 0 Å². The topological polar surface area (TPSA) is 70.7 Å². The molecule has 0 aromatic heterocycles. The van der Waals surface area contributed by atoms with Gasteiger partial charge < -0.3 is 20.3 Å². The smallest absolute Gasteiger partial charge is 0.319 e. The van der Waals surface area contributed by atoms with Crippen molar-refractivity contribution in [1.82, 2.24) is 5.32 Å². The van der Waals surface area contributed by atoms with Crippen molar-refractivity contribution in [3.63, 3.8) is 0 Å². The zero-order valence-electron chi connectivity index (χ0n) is 17.3. The minimum Gasteiger partial charge on any atom is -0.497 e. The van der Waals surface area contributed by atoms with E-state index in [1.807, 2.05) is 73.7 Å². The first-order valence-corrected chi connectivity index (χ1v) is 10.8. The molecule has 0 spiro atoms. The number of carbonyl (C=O) groups is 2. The number of urea groups is 1. The van der Waals surface area contributed by atoms with Gasteiger partial charge in [0, 0.05) is 28.6 Å². The Kier molecular flexibility index (Phi) is 6.13. The second kappa shape index (κ2) is 9.14. The predicted octanol–water partition coefficient (Wildman–Crippen LogP) is 5.15. The lowest BCUT2D eigenvalue weighted by Crippen LogP contribution is -2.31. The van der Waals surface area contributed by atoms with E-state index < -0.39 is 0 Å². The fraction of sp³-hybridized carbons (Fsp3) is 0.167. The summed E-state index contributed by atoms with van der Waals surface area (Å²) in [5, 5.41) is 5.71. The Morgan fingerprint density at radius 2 is 1.81 bits per heavy atom. The van der Waals surface area contributed by atoms with Crippen LogP contribution in [0.4, 0.5) is 16.2 Å². The van der Waals surface area contributed by atoms with E-state index >= 15 is 0 Å². The van der Waals surface area contributed by atoms with Gasteiger partial charge in [0.05, 0.1) is 18.4 Å². The molecule has 0 radical (unpaired) electrons. The number of fused-ring (bicyclic) bond motifs is 2. The van der Waals surface area contributed by atoms with Gasteiger partial charge in [-0.05, 0) is 55.0 Å². The molecule has 7 heteroatoms. The van der Waals surface area contributed by atoms with Crippen LogP contribution >= 0.6 is 11.8 Å². The molecular weight excluding hydrogens is 410 g/mol. The molecule has 1 heterocycles. The minimum absolute atomic E-state index is 0.0366. The Morgan fingerprint density at radius 1 is 1.03 bits per heavy atom. The molecule has 0 saturated carbocycles. The number of hydrogen-bond acceptors (Lipinski definition) is 4. The molecule has 158 valence electrons. The van der Waals surface area contributed by atoms with Crippen molar-refractivity contribution in [3.05, 3.63) is 77.9 Å². The van der Waals surface area contributed by atoms with Gasteiger partial charge >= 0.3 is 6.03 Å². The number of ether oxygens (including phenoxy) is 1. The second-order valence-corrected chi connectivity index (χ2v) is 8.07. The molecule has 0 fully saturated rings. The zero-order chi connectivity index (χ0) is 21.8. The third kappa shape index (κ3) is 4.51. The van der Waals surface area contributed by atoms with Gasteiger partial charge in [0.15, 0.2) is 0 Å². The number of anilines is 2. The number of rotatable bonds is 5. The SMILES string of the molecule is CCN1C(=O)c2ccccc2Sc2ccc(NC(=O)NCc3ccc(OC)cc3)cc21.